The number of pyridine rings is 1. The number of anilines is 1. The number of guanidine groups is 1. The Balaban J connectivity index is 0.00000289. The van der Waals surface area contributed by atoms with Crippen LogP contribution in [0.15, 0.2) is 71.2 Å². The summed E-state index contributed by atoms with van der Waals surface area (Å²) in [7, 11) is 1.82. The number of benzene rings is 1. The summed E-state index contributed by atoms with van der Waals surface area (Å²) in [6.07, 6.45) is 3.99. The zero-order valence-electron chi connectivity index (χ0n) is 18.2. The molecule has 4 rings (SSSR count). The Kier molecular flexibility index (Phi) is 9.61. The molecule has 1 aromatic carbocycles. The number of nitrogens with zero attached hydrogens (tertiary/aromatic N) is 3. The minimum absolute atomic E-state index is 0. The van der Waals surface area contributed by atoms with Crippen LogP contribution in [-0.2, 0) is 13.2 Å². The van der Waals surface area contributed by atoms with E-state index in [4.69, 9.17) is 4.74 Å². The van der Waals surface area contributed by atoms with Crippen molar-refractivity contribution in [3.8, 4) is 5.75 Å². The molecule has 1 aliphatic heterocycles. The molecule has 32 heavy (non-hydrogen) atoms. The average Bonchev–Trinajstić information content (AvgIpc) is 3.37. The highest BCUT2D eigenvalue weighted by molar-refractivity contribution is 14.0. The highest BCUT2D eigenvalue weighted by Gasteiger charge is 2.20. The van der Waals surface area contributed by atoms with Gasteiger partial charge in [-0.25, -0.2) is 0 Å². The van der Waals surface area contributed by atoms with Crippen LogP contribution in [0.4, 0.5) is 5.00 Å². The fourth-order valence-electron chi connectivity index (χ4n) is 3.65. The lowest BCUT2D eigenvalue weighted by molar-refractivity contribution is 0.301. The van der Waals surface area contributed by atoms with Crippen molar-refractivity contribution in [2.24, 2.45) is 4.99 Å². The van der Waals surface area contributed by atoms with Gasteiger partial charge in [0.1, 0.15) is 12.4 Å². The van der Waals surface area contributed by atoms with Crippen molar-refractivity contribution < 1.29 is 4.74 Å². The van der Waals surface area contributed by atoms with E-state index < -0.39 is 0 Å². The maximum absolute atomic E-state index is 5.89. The summed E-state index contributed by atoms with van der Waals surface area (Å²) < 4.78 is 5.89. The molecule has 3 aromatic rings. The maximum atomic E-state index is 5.89. The number of hydrogen-bond acceptors (Lipinski definition) is 5. The molecule has 3 heterocycles. The summed E-state index contributed by atoms with van der Waals surface area (Å²) in [5.74, 6) is 1.68. The third-order valence-electron chi connectivity index (χ3n) is 5.35. The van der Waals surface area contributed by atoms with Crippen molar-refractivity contribution in [2.45, 2.75) is 32.0 Å². The minimum Gasteiger partial charge on any atom is -0.487 e. The first-order valence-electron chi connectivity index (χ1n) is 10.7. The fourth-order valence-corrected chi connectivity index (χ4v) is 4.44. The zero-order valence-corrected chi connectivity index (χ0v) is 21.4. The van der Waals surface area contributed by atoms with Crippen molar-refractivity contribution >= 4 is 46.3 Å². The quantitative estimate of drug-likeness (QED) is 0.249. The van der Waals surface area contributed by atoms with Crippen molar-refractivity contribution in [1.29, 1.82) is 0 Å². The second-order valence-corrected chi connectivity index (χ2v) is 8.47. The summed E-state index contributed by atoms with van der Waals surface area (Å²) in [6, 6.07) is 18.7. The van der Waals surface area contributed by atoms with Crippen LogP contribution in [0, 0.1) is 0 Å². The van der Waals surface area contributed by atoms with Gasteiger partial charge in [0.15, 0.2) is 5.96 Å². The molecule has 0 radical (unpaired) electrons. The second-order valence-electron chi connectivity index (χ2n) is 7.54. The summed E-state index contributed by atoms with van der Waals surface area (Å²) in [5.41, 5.74) is 2.06. The Bertz CT molecular complexity index is 960. The van der Waals surface area contributed by atoms with Gasteiger partial charge in [0.25, 0.3) is 0 Å². The molecule has 2 N–H and O–H groups in total. The minimum atomic E-state index is 0. The number of nitrogens with one attached hydrogen (secondary N) is 2. The largest absolute Gasteiger partial charge is 0.487 e. The van der Waals surface area contributed by atoms with Crippen LogP contribution in [0.3, 0.4) is 0 Å². The van der Waals surface area contributed by atoms with Crippen LogP contribution >= 0.6 is 35.3 Å². The average molecular weight is 564 g/mol. The van der Waals surface area contributed by atoms with Gasteiger partial charge in [0.2, 0.25) is 0 Å². The molecule has 0 amide bonds. The molecule has 6 nitrogen and oxygen atoms in total. The zero-order chi connectivity index (χ0) is 21.3. The van der Waals surface area contributed by atoms with Crippen LogP contribution in [0.5, 0.6) is 5.75 Å². The number of rotatable bonds is 7. The molecular weight excluding hydrogens is 533 g/mol. The van der Waals surface area contributed by atoms with Crippen LogP contribution in [0.25, 0.3) is 0 Å². The molecule has 1 saturated heterocycles. The van der Waals surface area contributed by atoms with Crippen molar-refractivity contribution in [3.05, 3.63) is 77.4 Å². The van der Waals surface area contributed by atoms with E-state index in [9.17, 15) is 0 Å². The van der Waals surface area contributed by atoms with Gasteiger partial charge >= 0.3 is 0 Å². The van der Waals surface area contributed by atoms with E-state index in [0.29, 0.717) is 19.2 Å². The number of aromatic nitrogens is 1. The molecule has 1 fully saturated rings. The van der Waals surface area contributed by atoms with E-state index >= 15 is 0 Å². The van der Waals surface area contributed by atoms with Crippen molar-refractivity contribution in [2.75, 3.05) is 25.0 Å². The van der Waals surface area contributed by atoms with Gasteiger partial charge in [-0.2, -0.15) is 0 Å². The fraction of sp³-hybridized carbons (Fsp3) is 0.333. The van der Waals surface area contributed by atoms with Crippen LogP contribution in [0.1, 0.15) is 24.1 Å². The molecular formula is C24H30IN5OS. The van der Waals surface area contributed by atoms with Crippen molar-refractivity contribution in [3.63, 3.8) is 0 Å². The van der Waals surface area contributed by atoms with E-state index in [1.165, 1.54) is 5.00 Å². The van der Waals surface area contributed by atoms with E-state index in [-0.39, 0.29) is 24.0 Å². The summed E-state index contributed by atoms with van der Waals surface area (Å²) in [4.78, 5) is 11.2. The molecule has 0 atom stereocenters. The monoisotopic (exact) mass is 563 g/mol. The van der Waals surface area contributed by atoms with Crippen LogP contribution in [-0.4, -0.2) is 37.1 Å². The summed E-state index contributed by atoms with van der Waals surface area (Å²) in [6.45, 7) is 3.30. The second kappa shape index (κ2) is 12.6. The molecule has 0 unspecified atom stereocenters. The number of aliphatic imine (C=N–C) groups is 1. The van der Waals surface area contributed by atoms with Gasteiger partial charge < -0.3 is 20.3 Å². The van der Waals surface area contributed by atoms with Gasteiger partial charge in [-0.3, -0.25) is 9.98 Å². The Hall–Kier alpha value is -2.33. The first-order chi connectivity index (χ1) is 15.3. The number of piperidine rings is 1. The molecule has 170 valence electrons. The molecule has 8 heteroatoms. The summed E-state index contributed by atoms with van der Waals surface area (Å²) in [5, 5.41) is 10.5. The molecule has 0 saturated carbocycles. The van der Waals surface area contributed by atoms with Gasteiger partial charge in [0, 0.05) is 38.9 Å². The van der Waals surface area contributed by atoms with Gasteiger partial charge in [-0.1, -0.05) is 18.2 Å². The number of thiophene rings is 1. The smallest absolute Gasteiger partial charge is 0.191 e. The van der Waals surface area contributed by atoms with Crippen LogP contribution < -0.4 is 20.3 Å². The molecule has 0 spiro atoms. The molecule has 0 aliphatic carbocycles. The third kappa shape index (κ3) is 7.09. The van der Waals surface area contributed by atoms with Gasteiger partial charge in [0.05, 0.1) is 10.7 Å². The van der Waals surface area contributed by atoms with E-state index in [1.807, 2.05) is 48.7 Å². The third-order valence-corrected chi connectivity index (χ3v) is 6.28. The molecule has 0 bridgehead atoms. The van der Waals surface area contributed by atoms with E-state index in [2.05, 4.69) is 55.2 Å². The first kappa shape index (κ1) is 24.3. The lowest BCUT2D eigenvalue weighted by Gasteiger charge is -2.33. The Morgan fingerprint density at radius 1 is 1.16 bits per heavy atom. The number of halogens is 1. The van der Waals surface area contributed by atoms with Gasteiger partial charge in [-0.15, -0.1) is 35.3 Å². The SMILES string of the molecule is CN=C(NCc1cccc(OCc2ccccn2)c1)NC1CCN(c2cccs2)CC1.I. The highest BCUT2D eigenvalue weighted by atomic mass is 127. The summed E-state index contributed by atoms with van der Waals surface area (Å²) >= 11 is 1.81. The van der Waals surface area contributed by atoms with E-state index in [0.717, 1.165) is 48.9 Å². The number of ether oxygens (including phenoxy) is 1. The van der Waals surface area contributed by atoms with Gasteiger partial charge in [-0.05, 0) is 60.2 Å². The Labute approximate surface area is 211 Å². The normalized spacial score (nSPS) is 14.5. The lowest BCUT2D eigenvalue weighted by Crippen LogP contribution is -2.48. The molecule has 1 aliphatic rings. The predicted molar refractivity (Wildman–Crippen MR) is 143 cm³/mol. The maximum Gasteiger partial charge on any atom is 0.191 e. The lowest BCUT2D eigenvalue weighted by atomic mass is 10.1. The first-order valence-corrected chi connectivity index (χ1v) is 11.6. The van der Waals surface area contributed by atoms with Crippen molar-refractivity contribution in [1.82, 2.24) is 15.6 Å². The van der Waals surface area contributed by atoms with Crippen LogP contribution in [0.2, 0.25) is 0 Å². The standard InChI is InChI=1S/C24H29N5OS.HI/c1-25-24(28-20-10-13-29(14-11-20)23-9-5-15-31-23)27-17-19-6-4-8-22(16-19)30-18-21-7-2-3-12-26-21;/h2-9,12,15-16,20H,10-11,13-14,17-18H2,1H3,(H2,25,27,28);1H. The highest BCUT2D eigenvalue weighted by Crippen LogP contribution is 2.24. The predicted octanol–water partition coefficient (Wildman–Crippen LogP) is 4.67. The topological polar surface area (TPSA) is 61.8 Å². The Morgan fingerprint density at radius 2 is 2.03 bits per heavy atom. The van der Waals surface area contributed by atoms with E-state index in [1.54, 1.807) is 6.20 Å². The number of hydrogen-bond donors (Lipinski definition) is 2. The Morgan fingerprint density at radius 3 is 2.75 bits per heavy atom. The molecule has 2 aromatic heterocycles.